The second-order valence-electron chi connectivity index (χ2n) is 8.41. The van der Waals surface area contributed by atoms with Crippen LogP contribution in [0.15, 0.2) is 0 Å². The molecule has 3 aliphatic heterocycles. The van der Waals surface area contributed by atoms with Crippen LogP contribution in [0, 0.1) is 0 Å². The summed E-state index contributed by atoms with van der Waals surface area (Å²) >= 11 is 0. The molecule has 4 fully saturated rings. The summed E-state index contributed by atoms with van der Waals surface area (Å²) in [5.74, 6) is -2.22. The molecule has 0 aromatic carbocycles. The van der Waals surface area contributed by atoms with Crippen molar-refractivity contribution in [2.45, 2.75) is 92.7 Å². The highest BCUT2D eigenvalue weighted by molar-refractivity contribution is 5.62. The normalized spacial score (nSPS) is 47.2. The third kappa shape index (κ3) is 5.41. The molecule has 3 saturated heterocycles. The summed E-state index contributed by atoms with van der Waals surface area (Å²) in [6, 6.07) is 0. The van der Waals surface area contributed by atoms with E-state index in [2.05, 4.69) is 0 Å². The second kappa shape index (κ2) is 11.0. The van der Waals surface area contributed by atoms with Crippen LogP contribution in [-0.4, -0.2) is 134 Å². The van der Waals surface area contributed by atoms with E-state index in [4.69, 9.17) is 33.9 Å². The Labute approximate surface area is 188 Å². The summed E-state index contributed by atoms with van der Waals surface area (Å²) in [7, 11) is 0. The number of aliphatic hydroxyl groups excluding tert-OH is 8. The zero-order chi connectivity index (χ0) is 24.3. The zero-order valence-corrected chi connectivity index (χ0v) is 17.8. The Morgan fingerprint density at radius 2 is 1.39 bits per heavy atom. The first kappa shape index (κ1) is 26.4. The maximum atomic E-state index is 10.6. The van der Waals surface area contributed by atoms with E-state index in [1.54, 1.807) is 0 Å². The van der Waals surface area contributed by atoms with Crippen LogP contribution in [-0.2, 0) is 23.7 Å². The highest BCUT2D eigenvalue weighted by Crippen LogP contribution is 2.36. The van der Waals surface area contributed by atoms with Crippen LogP contribution in [0.25, 0.3) is 0 Å². The van der Waals surface area contributed by atoms with Gasteiger partial charge >= 0.3 is 6.16 Å². The third-order valence-corrected chi connectivity index (χ3v) is 6.21. The summed E-state index contributed by atoms with van der Waals surface area (Å²) < 4.78 is 25.3. The number of hydrogen-bond acceptors (Lipinski definition) is 14. The van der Waals surface area contributed by atoms with Crippen LogP contribution in [0.3, 0.4) is 0 Å². The van der Waals surface area contributed by atoms with Crippen LogP contribution >= 0.6 is 0 Å². The molecule has 0 aromatic rings. The summed E-state index contributed by atoms with van der Waals surface area (Å²) in [5.41, 5.74) is 0. The topological polar surface area (TPSA) is 225 Å². The molecule has 0 aromatic heterocycles. The number of carbonyl (C=O) groups is 1. The lowest BCUT2D eigenvalue weighted by atomic mass is 9.95. The highest BCUT2D eigenvalue weighted by atomic mass is 16.8. The average Bonchev–Trinajstić information content (AvgIpc) is 3.31. The quantitative estimate of drug-likeness (QED) is 0.174. The van der Waals surface area contributed by atoms with Gasteiger partial charge in [0.05, 0.1) is 13.2 Å². The molecule has 192 valence electrons. The number of hydrogen-bond donors (Lipinski definition) is 8. The van der Waals surface area contributed by atoms with E-state index in [0.717, 1.165) is 25.7 Å². The summed E-state index contributed by atoms with van der Waals surface area (Å²) in [6.45, 7) is -2.32. The van der Waals surface area contributed by atoms with E-state index in [1.165, 1.54) is 0 Å². The average molecular weight is 484 g/mol. The molecule has 14 heteroatoms. The number of ether oxygens (including phenoxy) is 5. The van der Waals surface area contributed by atoms with Crippen molar-refractivity contribution in [3.05, 3.63) is 0 Å². The van der Waals surface area contributed by atoms with Gasteiger partial charge in [-0.05, 0) is 25.7 Å². The van der Waals surface area contributed by atoms with Crippen molar-refractivity contribution in [1.82, 2.24) is 0 Å². The molecule has 0 bridgehead atoms. The van der Waals surface area contributed by atoms with Gasteiger partial charge in [-0.3, -0.25) is 0 Å². The minimum Gasteiger partial charge on any atom is -0.427 e. The fourth-order valence-electron chi connectivity index (χ4n) is 4.24. The van der Waals surface area contributed by atoms with Crippen LogP contribution in [0.5, 0.6) is 0 Å². The predicted molar refractivity (Wildman–Crippen MR) is 102 cm³/mol. The lowest BCUT2D eigenvalue weighted by Gasteiger charge is -2.43. The molecule has 33 heavy (non-hydrogen) atoms. The van der Waals surface area contributed by atoms with Crippen LogP contribution in [0.2, 0.25) is 0 Å². The van der Waals surface area contributed by atoms with Gasteiger partial charge in [0.1, 0.15) is 61.5 Å². The number of rotatable bonds is 5. The SMILES string of the molecule is O=C1OC2CCCCC2O1.OC[C@H]1O[C@@](CO)(O[C@H]2O[C@H](CO)[C@@H](O)[C@H](O)[C@H]2O)[C@@H](O)[C@@H]1O. The molecular weight excluding hydrogens is 452 g/mol. The van der Waals surface area contributed by atoms with E-state index in [0.29, 0.717) is 0 Å². The van der Waals surface area contributed by atoms with Gasteiger partial charge in [0.2, 0.25) is 5.79 Å². The Kier molecular flexibility index (Phi) is 8.85. The van der Waals surface area contributed by atoms with Gasteiger partial charge in [-0.25, -0.2) is 4.79 Å². The van der Waals surface area contributed by atoms with E-state index >= 15 is 0 Å². The van der Waals surface area contributed by atoms with Crippen molar-refractivity contribution >= 4 is 6.16 Å². The molecule has 3 heterocycles. The Morgan fingerprint density at radius 1 is 0.818 bits per heavy atom. The molecule has 0 radical (unpaired) electrons. The molecule has 0 spiro atoms. The summed E-state index contributed by atoms with van der Waals surface area (Å²) in [4.78, 5) is 10.6. The molecule has 4 rings (SSSR count). The van der Waals surface area contributed by atoms with E-state index in [-0.39, 0.29) is 12.2 Å². The van der Waals surface area contributed by atoms with E-state index in [9.17, 15) is 35.4 Å². The molecule has 14 nitrogen and oxygen atoms in total. The maximum absolute atomic E-state index is 10.6. The minimum absolute atomic E-state index is 0.0706. The van der Waals surface area contributed by atoms with Gasteiger partial charge in [-0.15, -0.1) is 0 Å². The monoisotopic (exact) mass is 484 g/mol. The van der Waals surface area contributed by atoms with Crippen LogP contribution < -0.4 is 0 Å². The molecule has 1 aliphatic carbocycles. The first-order valence-electron chi connectivity index (χ1n) is 10.8. The van der Waals surface area contributed by atoms with Crippen LogP contribution in [0.4, 0.5) is 4.79 Å². The van der Waals surface area contributed by atoms with Crippen molar-refractivity contribution in [1.29, 1.82) is 0 Å². The molecule has 1 saturated carbocycles. The number of carbonyl (C=O) groups excluding carboxylic acids is 1. The molecule has 11 atom stereocenters. The zero-order valence-electron chi connectivity index (χ0n) is 17.8. The van der Waals surface area contributed by atoms with Crippen molar-refractivity contribution in [3.63, 3.8) is 0 Å². The summed E-state index contributed by atoms with van der Waals surface area (Å²) in [5, 5.41) is 76.7. The maximum Gasteiger partial charge on any atom is 0.509 e. The van der Waals surface area contributed by atoms with Crippen molar-refractivity contribution in [2.24, 2.45) is 0 Å². The lowest BCUT2D eigenvalue weighted by molar-refractivity contribution is -0.383. The van der Waals surface area contributed by atoms with Crippen molar-refractivity contribution in [3.8, 4) is 0 Å². The fraction of sp³-hybridized carbons (Fsp3) is 0.947. The Bertz CT molecular complexity index is 632. The molecule has 8 N–H and O–H groups in total. The predicted octanol–water partition coefficient (Wildman–Crippen LogP) is -3.93. The Balaban J connectivity index is 0.000000252. The fourth-order valence-corrected chi connectivity index (χ4v) is 4.24. The largest absolute Gasteiger partial charge is 0.509 e. The molecular formula is C19H32O14. The van der Waals surface area contributed by atoms with Gasteiger partial charge in [0.15, 0.2) is 6.29 Å². The van der Waals surface area contributed by atoms with E-state index < -0.39 is 80.8 Å². The molecule has 4 aliphatic rings. The van der Waals surface area contributed by atoms with Gasteiger partial charge in [-0.2, -0.15) is 0 Å². The van der Waals surface area contributed by atoms with Crippen molar-refractivity contribution in [2.75, 3.05) is 19.8 Å². The first-order chi connectivity index (χ1) is 15.7. The Hall–Kier alpha value is -1.17. The van der Waals surface area contributed by atoms with E-state index in [1.807, 2.05) is 0 Å². The lowest BCUT2D eigenvalue weighted by Crippen LogP contribution is -2.62. The third-order valence-electron chi connectivity index (χ3n) is 6.21. The van der Waals surface area contributed by atoms with Gasteiger partial charge in [0, 0.05) is 0 Å². The highest BCUT2D eigenvalue weighted by Gasteiger charge is 2.58. The molecule has 2 unspecified atom stereocenters. The Morgan fingerprint density at radius 3 is 1.88 bits per heavy atom. The van der Waals surface area contributed by atoms with Crippen LogP contribution in [0.1, 0.15) is 25.7 Å². The minimum atomic E-state index is -2.22. The first-order valence-corrected chi connectivity index (χ1v) is 10.8. The summed E-state index contributed by atoms with van der Waals surface area (Å²) in [6.07, 6.45) is -8.69. The van der Waals surface area contributed by atoms with Gasteiger partial charge < -0.3 is 64.5 Å². The number of aliphatic hydroxyl groups is 8. The standard InChI is InChI=1S/C12H22O11.C7H10O3/c13-1-4-6(16)8(18)9(19)11(21-4)23-12(3-15)10(20)7(17)5(2-14)22-12;8-7-9-5-3-1-2-4-6(5)10-7/h4-11,13-20H,1-3H2;5-6H,1-4H2/t4-,5-,6-,7-,8+,9-,10+,11-,12+;/m1./s1. The molecule has 0 amide bonds. The number of fused-ring (bicyclic) bond motifs is 1. The van der Waals surface area contributed by atoms with Gasteiger partial charge in [-0.1, -0.05) is 0 Å². The van der Waals surface area contributed by atoms with Crippen molar-refractivity contribution < 1.29 is 69.3 Å². The smallest absolute Gasteiger partial charge is 0.427 e. The van der Waals surface area contributed by atoms with Gasteiger partial charge in [0.25, 0.3) is 0 Å². The second-order valence-corrected chi connectivity index (χ2v) is 8.41.